The predicted molar refractivity (Wildman–Crippen MR) is 75.3 cm³/mol. The predicted octanol–water partition coefficient (Wildman–Crippen LogP) is 1.73. The Morgan fingerprint density at radius 3 is 2.05 bits per heavy atom. The Morgan fingerprint density at radius 1 is 1.21 bits per heavy atom. The number of sulfonamides is 1. The summed E-state index contributed by atoms with van der Waals surface area (Å²) in [7, 11) is -2.03. The Balaban J connectivity index is 2.90. The number of primary sulfonamides is 1. The van der Waals surface area contributed by atoms with Crippen LogP contribution in [0.3, 0.4) is 0 Å². The summed E-state index contributed by atoms with van der Waals surface area (Å²) in [5.41, 5.74) is 0.549. The second-order valence-corrected chi connectivity index (χ2v) is 7.29. The maximum Gasteiger partial charge on any atom is 0.238 e. The molecule has 0 aromatic heterocycles. The van der Waals surface area contributed by atoms with E-state index in [1.807, 2.05) is 20.8 Å². The molecule has 0 aliphatic rings. The van der Waals surface area contributed by atoms with E-state index in [4.69, 9.17) is 5.14 Å². The minimum Gasteiger partial charge on any atom is -0.315 e. The van der Waals surface area contributed by atoms with Crippen LogP contribution in [0.4, 0.5) is 5.69 Å². The standard InChI is InChI=1S/C13H20N2O3S/c1-13(2,3)9-12(16)15(4)10-5-7-11(8-6-10)19(14,17)18/h5-8H,9H2,1-4H3,(H2,14,17,18). The topological polar surface area (TPSA) is 80.5 Å². The first-order valence-corrected chi connectivity index (χ1v) is 7.45. The van der Waals surface area contributed by atoms with Gasteiger partial charge in [-0.15, -0.1) is 0 Å². The third-order valence-electron chi connectivity index (χ3n) is 2.61. The lowest BCUT2D eigenvalue weighted by Crippen LogP contribution is -2.29. The van der Waals surface area contributed by atoms with Crippen LogP contribution in [-0.2, 0) is 14.8 Å². The van der Waals surface area contributed by atoms with Gasteiger partial charge in [0.25, 0.3) is 0 Å². The van der Waals surface area contributed by atoms with Gasteiger partial charge in [-0.3, -0.25) is 4.79 Å². The van der Waals surface area contributed by atoms with Crippen LogP contribution in [-0.4, -0.2) is 21.4 Å². The molecule has 0 heterocycles. The summed E-state index contributed by atoms with van der Waals surface area (Å²) in [4.78, 5) is 13.6. The highest BCUT2D eigenvalue weighted by molar-refractivity contribution is 7.89. The van der Waals surface area contributed by atoms with Crippen LogP contribution >= 0.6 is 0 Å². The van der Waals surface area contributed by atoms with Gasteiger partial charge in [0.1, 0.15) is 0 Å². The maximum absolute atomic E-state index is 12.0. The number of amides is 1. The first kappa shape index (κ1) is 15.7. The van der Waals surface area contributed by atoms with Gasteiger partial charge in [-0.05, 0) is 29.7 Å². The monoisotopic (exact) mass is 284 g/mol. The zero-order valence-electron chi connectivity index (χ0n) is 11.7. The zero-order valence-corrected chi connectivity index (χ0v) is 12.5. The van der Waals surface area contributed by atoms with Gasteiger partial charge in [-0.25, -0.2) is 13.6 Å². The highest BCUT2D eigenvalue weighted by atomic mass is 32.2. The van der Waals surface area contributed by atoms with Crippen molar-refractivity contribution in [3.63, 3.8) is 0 Å². The summed E-state index contributed by atoms with van der Waals surface area (Å²) in [6.07, 6.45) is 0.417. The molecule has 0 fully saturated rings. The molecule has 1 rings (SSSR count). The number of anilines is 1. The zero-order chi connectivity index (χ0) is 14.8. The van der Waals surface area contributed by atoms with Crippen LogP contribution in [0, 0.1) is 5.41 Å². The molecule has 2 N–H and O–H groups in total. The van der Waals surface area contributed by atoms with E-state index < -0.39 is 10.0 Å². The summed E-state index contributed by atoms with van der Waals surface area (Å²) >= 11 is 0. The molecule has 0 unspecified atom stereocenters. The third kappa shape index (κ3) is 4.65. The minimum absolute atomic E-state index is 0.0177. The van der Waals surface area contributed by atoms with Crippen molar-refractivity contribution in [3.05, 3.63) is 24.3 Å². The van der Waals surface area contributed by atoms with Crippen LogP contribution in [0.5, 0.6) is 0 Å². The molecule has 1 aromatic rings. The minimum atomic E-state index is -3.70. The van der Waals surface area contributed by atoms with Crippen molar-refractivity contribution in [2.24, 2.45) is 10.6 Å². The van der Waals surface area contributed by atoms with Crippen molar-refractivity contribution in [3.8, 4) is 0 Å². The summed E-state index contributed by atoms with van der Waals surface area (Å²) < 4.78 is 22.3. The molecule has 1 aromatic carbocycles. The fourth-order valence-corrected chi connectivity index (χ4v) is 2.09. The van der Waals surface area contributed by atoms with Crippen LogP contribution in [0.25, 0.3) is 0 Å². The Bertz CT molecular complexity index is 557. The molecule has 106 valence electrons. The van der Waals surface area contributed by atoms with Crippen LogP contribution in [0.2, 0.25) is 0 Å². The summed E-state index contributed by atoms with van der Waals surface area (Å²) in [6.45, 7) is 5.97. The highest BCUT2D eigenvalue weighted by Gasteiger charge is 2.20. The molecule has 0 aliphatic carbocycles. The summed E-state index contributed by atoms with van der Waals surface area (Å²) in [5.74, 6) is -0.0177. The van der Waals surface area contributed by atoms with E-state index in [2.05, 4.69) is 0 Å². The molecule has 5 nitrogen and oxygen atoms in total. The van der Waals surface area contributed by atoms with Crippen molar-refractivity contribution >= 4 is 21.6 Å². The van der Waals surface area contributed by atoms with Crippen molar-refractivity contribution in [2.45, 2.75) is 32.1 Å². The van der Waals surface area contributed by atoms with Crippen molar-refractivity contribution in [2.75, 3.05) is 11.9 Å². The van der Waals surface area contributed by atoms with E-state index in [9.17, 15) is 13.2 Å². The number of carbonyl (C=O) groups excluding carboxylic acids is 1. The van der Waals surface area contributed by atoms with Crippen molar-refractivity contribution < 1.29 is 13.2 Å². The smallest absolute Gasteiger partial charge is 0.238 e. The summed E-state index contributed by atoms with van der Waals surface area (Å²) in [5, 5.41) is 5.02. The second kappa shape index (κ2) is 5.30. The Kier molecular flexibility index (Phi) is 4.37. The quantitative estimate of drug-likeness (QED) is 0.918. The first-order chi connectivity index (χ1) is 8.50. The Hall–Kier alpha value is -1.40. The first-order valence-electron chi connectivity index (χ1n) is 5.90. The average Bonchev–Trinajstić information content (AvgIpc) is 2.24. The van der Waals surface area contributed by atoms with Gasteiger partial charge in [-0.2, -0.15) is 0 Å². The number of hydrogen-bond donors (Lipinski definition) is 1. The van der Waals surface area contributed by atoms with Gasteiger partial charge in [0.2, 0.25) is 15.9 Å². The van der Waals surface area contributed by atoms with Gasteiger partial charge >= 0.3 is 0 Å². The fraction of sp³-hybridized carbons (Fsp3) is 0.462. The number of carbonyl (C=O) groups is 1. The molecule has 0 saturated carbocycles. The molecule has 0 spiro atoms. The number of benzene rings is 1. The molecule has 19 heavy (non-hydrogen) atoms. The van der Waals surface area contributed by atoms with E-state index in [1.54, 1.807) is 19.2 Å². The van der Waals surface area contributed by atoms with E-state index in [0.717, 1.165) is 0 Å². The molecular weight excluding hydrogens is 264 g/mol. The van der Waals surface area contributed by atoms with Crippen LogP contribution < -0.4 is 10.0 Å². The van der Waals surface area contributed by atoms with Crippen LogP contribution in [0.1, 0.15) is 27.2 Å². The second-order valence-electron chi connectivity index (χ2n) is 5.73. The van der Waals surface area contributed by atoms with E-state index >= 15 is 0 Å². The number of nitrogens with two attached hydrogens (primary N) is 1. The highest BCUT2D eigenvalue weighted by Crippen LogP contribution is 2.22. The number of nitrogens with zero attached hydrogens (tertiary/aromatic N) is 1. The molecular formula is C13H20N2O3S. The third-order valence-corrected chi connectivity index (χ3v) is 3.54. The lowest BCUT2D eigenvalue weighted by molar-refractivity contribution is -0.120. The maximum atomic E-state index is 12.0. The van der Waals surface area contributed by atoms with Crippen molar-refractivity contribution in [1.29, 1.82) is 0 Å². The largest absolute Gasteiger partial charge is 0.315 e. The molecule has 0 radical (unpaired) electrons. The fourth-order valence-electron chi connectivity index (χ4n) is 1.58. The number of hydrogen-bond acceptors (Lipinski definition) is 3. The normalized spacial score (nSPS) is 12.3. The van der Waals surface area contributed by atoms with E-state index in [-0.39, 0.29) is 16.2 Å². The molecule has 0 bridgehead atoms. The lowest BCUT2D eigenvalue weighted by atomic mass is 9.91. The molecule has 0 aliphatic heterocycles. The molecule has 6 heteroatoms. The van der Waals surface area contributed by atoms with Gasteiger partial charge in [0, 0.05) is 19.2 Å². The average molecular weight is 284 g/mol. The van der Waals surface area contributed by atoms with Gasteiger partial charge in [-0.1, -0.05) is 20.8 Å². The lowest BCUT2D eigenvalue weighted by Gasteiger charge is -2.23. The summed E-state index contributed by atoms with van der Waals surface area (Å²) in [6, 6.07) is 5.93. The molecule has 0 atom stereocenters. The molecule has 1 amide bonds. The molecule has 0 saturated heterocycles. The Morgan fingerprint density at radius 2 is 1.68 bits per heavy atom. The number of rotatable bonds is 3. The van der Waals surface area contributed by atoms with Crippen molar-refractivity contribution in [1.82, 2.24) is 0 Å². The Labute approximate surface area is 114 Å². The van der Waals surface area contributed by atoms with E-state index in [1.165, 1.54) is 17.0 Å². The van der Waals surface area contributed by atoms with Crippen LogP contribution in [0.15, 0.2) is 29.2 Å². The van der Waals surface area contributed by atoms with Gasteiger partial charge in [0.05, 0.1) is 4.90 Å². The van der Waals surface area contributed by atoms with Gasteiger partial charge < -0.3 is 4.90 Å². The SMILES string of the molecule is CN(C(=O)CC(C)(C)C)c1ccc(S(N)(=O)=O)cc1. The van der Waals surface area contributed by atoms with E-state index in [0.29, 0.717) is 12.1 Å². The van der Waals surface area contributed by atoms with Gasteiger partial charge in [0.15, 0.2) is 0 Å².